The normalized spacial score (nSPS) is 11.9. The Kier molecular flexibility index (Phi) is 5.93. The molecule has 3 aromatic rings. The number of pyridine rings is 1. The van der Waals surface area contributed by atoms with Crippen molar-refractivity contribution in [3.05, 3.63) is 72.4 Å². The summed E-state index contributed by atoms with van der Waals surface area (Å²) in [7, 11) is -4.04. The number of hydrogen-bond donors (Lipinski definition) is 2. The first-order valence-corrected chi connectivity index (χ1v) is 9.60. The first-order valence-electron chi connectivity index (χ1n) is 8.16. The smallest absolute Gasteiger partial charge is 0.282 e. The molecule has 2 aromatic carbocycles. The summed E-state index contributed by atoms with van der Waals surface area (Å²) >= 11 is 0. The van der Waals surface area contributed by atoms with Gasteiger partial charge in [0, 0.05) is 17.7 Å². The summed E-state index contributed by atoms with van der Waals surface area (Å²) in [6.45, 7) is 0. The van der Waals surface area contributed by atoms with Crippen molar-refractivity contribution in [1.82, 2.24) is 4.98 Å². The lowest BCUT2D eigenvalue weighted by Crippen LogP contribution is -2.37. The van der Waals surface area contributed by atoms with Crippen LogP contribution in [0.5, 0.6) is 0 Å². The highest BCUT2D eigenvalue weighted by Gasteiger charge is 2.25. The van der Waals surface area contributed by atoms with Gasteiger partial charge in [-0.2, -0.15) is 8.42 Å². The van der Waals surface area contributed by atoms with Crippen molar-refractivity contribution in [1.29, 1.82) is 0 Å². The molecular formula is C18H16N6O4S. The predicted molar refractivity (Wildman–Crippen MR) is 106 cm³/mol. The largest absolute Gasteiger partial charge is 0.291 e. The Bertz CT molecular complexity index is 1190. The molecule has 0 aliphatic carbocycles. The SMILES string of the molecule is NON=NC(=O)/C=C/c1ccc(N(N)S(=O)(=O)c2cccc3cccnc23)cc1. The van der Waals surface area contributed by atoms with Gasteiger partial charge in [0.05, 0.1) is 16.5 Å². The Morgan fingerprint density at radius 3 is 2.55 bits per heavy atom. The monoisotopic (exact) mass is 412 g/mol. The van der Waals surface area contributed by atoms with E-state index in [2.05, 4.69) is 26.2 Å². The fourth-order valence-corrected chi connectivity index (χ4v) is 3.80. The molecule has 11 heteroatoms. The van der Waals surface area contributed by atoms with E-state index in [1.807, 2.05) is 0 Å². The van der Waals surface area contributed by atoms with Crippen LogP contribution in [0.1, 0.15) is 5.56 Å². The molecule has 0 spiro atoms. The van der Waals surface area contributed by atoms with Gasteiger partial charge in [-0.15, -0.1) is 5.90 Å². The van der Waals surface area contributed by atoms with Crippen LogP contribution in [-0.4, -0.2) is 19.3 Å². The third kappa shape index (κ3) is 4.43. The van der Waals surface area contributed by atoms with Crippen LogP contribution >= 0.6 is 0 Å². The van der Waals surface area contributed by atoms with Gasteiger partial charge in [0.1, 0.15) is 4.90 Å². The number of aromatic nitrogens is 1. The summed E-state index contributed by atoms with van der Waals surface area (Å²) in [5.41, 5.74) is 1.18. The Morgan fingerprint density at radius 1 is 1.10 bits per heavy atom. The van der Waals surface area contributed by atoms with Crippen molar-refractivity contribution in [3.8, 4) is 0 Å². The van der Waals surface area contributed by atoms with Gasteiger partial charge >= 0.3 is 0 Å². The molecule has 148 valence electrons. The molecule has 0 aliphatic rings. The number of carbonyl (C=O) groups excluding carboxylic acids is 1. The standard InChI is InChI=1S/C18H16N6O4S/c19-24(15-9-6-13(7-10-15)8-11-17(25)22-23-28-20)29(26,27)16-5-1-3-14-4-2-12-21-18(14)16/h1-12H,19-20H2/b11-8+,23-22?. The van der Waals surface area contributed by atoms with E-state index in [0.717, 1.165) is 6.08 Å². The zero-order valence-corrected chi connectivity index (χ0v) is 15.7. The topological polar surface area (TPSA) is 153 Å². The van der Waals surface area contributed by atoms with Gasteiger partial charge in [-0.25, -0.2) is 10.3 Å². The van der Waals surface area contributed by atoms with Crippen LogP contribution in [0.3, 0.4) is 0 Å². The molecule has 4 N–H and O–H groups in total. The molecule has 0 atom stereocenters. The minimum atomic E-state index is -4.04. The molecule has 0 saturated heterocycles. The van der Waals surface area contributed by atoms with Crippen molar-refractivity contribution >= 4 is 38.6 Å². The number of rotatable bonds is 6. The van der Waals surface area contributed by atoms with Gasteiger partial charge in [0.15, 0.2) is 0 Å². The number of hydrazine groups is 1. The fourth-order valence-electron chi connectivity index (χ4n) is 2.53. The minimum absolute atomic E-state index is 0.000142. The van der Waals surface area contributed by atoms with Crippen LogP contribution in [0.15, 0.2) is 82.2 Å². The van der Waals surface area contributed by atoms with Crippen LogP contribution in [0.25, 0.3) is 17.0 Å². The van der Waals surface area contributed by atoms with Gasteiger partial charge in [-0.3, -0.25) is 14.7 Å². The van der Waals surface area contributed by atoms with Crippen LogP contribution in [0.4, 0.5) is 5.69 Å². The molecule has 0 fully saturated rings. The summed E-state index contributed by atoms with van der Waals surface area (Å²) < 4.78 is 26.7. The summed E-state index contributed by atoms with van der Waals surface area (Å²) in [6, 6.07) is 14.5. The molecule has 0 saturated carbocycles. The molecule has 3 rings (SSSR count). The summed E-state index contributed by atoms with van der Waals surface area (Å²) in [5, 5.41) is 6.72. The van der Waals surface area contributed by atoms with E-state index >= 15 is 0 Å². The number of para-hydroxylation sites is 1. The van der Waals surface area contributed by atoms with E-state index < -0.39 is 15.9 Å². The highest BCUT2D eigenvalue weighted by Crippen LogP contribution is 2.26. The van der Waals surface area contributed by atoms with Crippen molar-refractivity contribution < 1.29 is 18.2 Å². The molecule has 0 aliphatic heterocycles. The van der Waals surface area contributed by atoms with Gasteiger partial charge in [0.2, 0.25) is 0 Å². The number of hydrogen-bond acceptors (Lipinski definition) is 8. The lowest BCUT2D eigenvalue weighted by Gasteiger charge is -2.19. The average Bonchev–Trinajstić information content (AvgIpc) is 2.75. The number of fused-ring (bicyclic) bond motifs is 1. The van der Waals surface area contributed by atoms with E-state index in [4.69, 9.17) is 5.84 Å². The number of sulfonamides is 1. The number of amides is 1. The quantitative estimate of drug-likeness (QED) is 0.272. The second-order valence-corrected chi connectivity index (χ2v) is 7.47. The summed E-state index contributed by atoms with van der Waals surface area (Å²) in [6.07, 6.45) is 4.13. The predicted octanol–water partition coefficient (Wildman–Crippen LogP) is 2.10. The Hall–Kier alpha value is -3.67. The van der Waals surface area contributed by atoms with Crippen molar-refractivity contribution in [2.75, 3.05) is 4.41 Å². The van der Waals surface area contributed by atoms with Crippen molar-refractivity contribution in [2.24, 2.45) is 22.1 Å². The van der Waals surface area contributed by atoms with Gasteiger partial charge in [0.25, 0.3) is 15.9 Å². The Morgan fingerprint density at radius 2 is 1.83 bits per heavy atom. The van der Waals surface area contributed by atoms with Gasteiger partial charge in [-0.05, 0) is 35.9 Å². The molecule has 0 unspecified atom stereocenters. The third-order valence-electron chi connectivity index (χ3n) is 3.89. The van der Waals surface area contributed by atoms with E-state index in [1.165, 1.54) is 30.5 Å². The number of benzene rings is 2. The first kappa shape index (κ1) is 20.1. The van der Waals surface area contributed by atoms with Crippen LogP contribution in [0, 0.1) is 0 Å². The van der Waals surface area contributed by atoms with Crippen LogP contribution < -0.4 is 16.2 Å². The average molecular weight is 412 g/mol. The number of carbonyl (C=O) groups is 1. The minimum Gasteiger partial charge on any atom is -0.282 e. The van der Waals surface area contributed by atoms with E-state index in [1.54, 1.807) is 36.4 Å². The Labute approximate surface area is 166 Å². The maximum atomic E-state index is 13.0. The molecule has 0 bridgehead atoms. The Balaban J connectivity index is 1.86. The molecule has 10 nitrogen and oxygen atoms in total. The van der Waals surface area contributed by atoms with E-state index in [-0.39, 0.29) is 10.6 Å². The molecule has 29 heavy (non-hydrogen) atoms. The second kappa shape index (κ2) is 8.56. The van der Waals surface area contributed by atoms with E-state index in [9.17, 15) is 13.2 Å². The molecule has 1 amide bonds. The first-order chi connectivity index (χ1) is 13.9. The maximum Gasteiger partial charge on any atom is 0.291 e. The van der Waals surface area contributed by atoms with Crippen LogP contribution in [0.2, 0.25) is 0 Å². The van der Waals surface area contributed by atoms with Gasteiger partial charge < -0.3 is 0 Å². The van der Waals surface area contributed by atoms with Crippen molar-refractivity contribution in [2.45, 2.75) is 4.90 Å². The maximum absolute atomic E-state index is 13.0. The lowest BCUT2D eigenvalue weighted by molar-refractivity contribution is -0.114. The zero-order chi connectivity index (χ0) is 20.9. The fraction of sp³-hybridized carbons (Fsp3) is 0. The summed E-state index contributed by atoms with van der Waals surface area (Å²) in [5.74, 6) is 9.87. The molecular weight excluding hydrogens is 396 g/mol. The highest BCUT2D eigenvalue weighted by molar-refractivity contribution is 7.93. The summed E-state index contributed by atoms with van der Waals surface area (Å²) in [4.78, 5) is 19.3. The number of anilines is 1. The molecule has 1 heterocycles. The van der Waals surface area contributed by atoms with Gasteiger partial charge in [-0.1, -0.05) is 35.4 Å². The number of nitrogens with two attached hydrogens (primary N) is 2. The van der Waals surface area contributed by atoms with Crippen molar-refractivity contribution in [3.63, 3.8) is 0 Å². The zero-order valence-electron chi connectivity index (χ0n) is 14.9. The van der Waals surface area contributed by atoms with Crippen LogP contribution in [-0.2, 0) is 19.8 Å². The molecule has 0 radical (unpaired) electrons. The lowest BCUT2D eigenvalue weighted by atomic mass is 10.2. The second-order valence-electron chi connectivity index (χ2n) is 5.68. The third-order valence-corrected chi connectivity index (χ3v) is 5.50. The number of nitrogens with zero attached hydrogens (tertiary/aromatic N) is 4. The molecule has 1 aromatic heterocycles. The highest BCUT2D eigenvalue weighted by atomic mass is 32.2. The van der Waals surface area contributed by atoms with E-state index in [0.29, 0.717) is 20.9 Å².